The van der Waals surface area contributed by atoms with Crippen LogP contribution in [0.2, 0.25) is 0 Å². The van der Waals surface area contributed by atoms with Crippen LogP contribution in [0, 0.1) is 0 Å². The molecule has 3 aliphatic heterocycles. The largest absolute Gasteiger partial charge is 1.00 e. The molecule has 0 bridgehead atoms. The van der Waals surface area contributed by atoms with E-state index in [9.17, 15) is 72.6 Å². The molecule has 1 saturated heterocycles. The molecule has 71 heavy (non-hydrogen) atoms. The second-order valence-electron chi connectivity index (χ2n) is 15.1. The van der Waals surface area contributed by atoms with Crippen LogP contribution < -0.4 is 122 Å². The molecular formula is C39H37Li4N4O21P3. The standard InChI is InChI=1S/C39H41N4O21P3.4Li/c44-23-8-11-27-30(16-23)60-31-17-24(45)9-12-28(31)39(27)26-10-7-21(15-25(26)37(50)62-39)35(48)41-13-3-1-2-6-33(47)40-14-4-5-22-19-43(38(51)42-36(22)49)34-18-29(46)32(61-34)20-59-66(55,56)64-67(57,58)63-65(52,53)54;;;;/h4-5,7-12,15-17,19,29,32,34,44-46H,1-3,6,13-14,18,20H2,(H,40,47)(H,41,48)(H,55,56)(H,57,58)(H,42,49,51)(H2,52,53,54);;;;/q;4*+1/p-4/b5-4+;;;;/t29-,32-,34-;;;;/m1..../s1. The van der Waals surface area contributed by atoms with E-state index in [1.165, 1.54) is 42.5 Å². The SMILES string of the molecule is O=C(CCCCCNC(=O)c1ccc2c(c1)C(=O)OC21c2ccc(O)cc2Oc2cc(O)ccc21)NC/C=C/c1cn([C@H]2C[C@@H](O)[C@@H](COP(=O)([O-])OP(=O)([O-])OP(=O)([O-])[O-])O2)c(=O)[nH]c1=O.[Li+].[Li+].[Li+].[Li+]. The number of rotatable bonds is 18. The van der Waals surface area contributed by atoms with Gasteiger partial charge in [0.2, 0.25) is 5.91 Å². The summed E-state index contributed by atoms with van der Waals surface area (Å²) in [7, 11) is -18.3. The van der Waals surface area contributed by atoms with Gasteiger partial charge in [-0.3, -0.25) is 37.4 Å². The number of amides is 2. The first-order chi connectivity index (χ1) is 31.5. The molecule has 4 heterocycles. The zero-order chi connectivity index (χ0) is 48.5. The maximum Gasteiger partial charge on any atom is 1.00 e. The molecule has 1 spiro atoms. The molecular weight excluding hydrogens is 981 g/mol. The third-order valence-electron chi connectivity index (χ3n) is 10.4. The normalized spacial score (nSPS) is 18.8. The van der Waals surface area contributed by atoms with Crippen LogP contribution in [0.1, 0.15) is 81.3 Å². The molecule has 1 fully saturated rings. The van der Waals surface area contributed by atoms with Gasteiger partial charge in [-0.25, -0.2) is 13.9 Å². The molecule has 3 aromatic carbocycles. The number of H-pyrrole nitrogens is 1. The minimum atomic E-state index is -6.23. The average molecular weight is 1020 g/mol. The van der Waals surface area contributed by atoms with Gasteiger partial charge in [-0.1, -0.05) is 24.6 Å². The molecule has 1 aromatic heterocycles. The number of aromatic amines is 1. The first-order valence-corrected chi connectivity index (χ1v) is 24.3. The Labute approximate surface area is 450 Å². The zero-order valence-electron chi connectivity index (χ0n) is 38.3. The van der Waals surface area contributed by atoms with E-state index in [1.807, 2.05) is 4.98 Å². The summed E-state index contributed by atoms with van der Waals surface area (Å²) in [5.74, 6) is -1.21. The van der Waals surface area contributed by atoms with Gasteiger partial charge < -0.3 is 68.8 Å². The van der Waals surface area contributed by atoms with Crippen molar-refractivity contribution in [3.05, 3.63) is 121 Å². The maximum atomic E-state index is 13.4. The van der Waals surface area contributed by atoms with Gasteiger partial charge in [-0.05, 0) is 49.2 Å². The molecule has 25 nitrogen and oxygen atoms in total. The predicted octanol–water partition coefficient (Wildman–Crippen LogP) is -11.9. The second kappa shape index (κ2) is 25.2. The van der Waals surface area contributed by atoms with E-state index in [4.69, 9.17) is 14.2 Å². The number of aromatic hydroxyl groups is 2. The first-order valence-electron chi connectivity index (χ1n) is 19.9. The summed E-state index contributed by atoms with van der Waals surface area (Å²) in [6.45, 7) is -0.867. The molecule has 5 atom stereocenters. The summed E-state index contributed by atoms with van der Waals surface area (Å²) in [4.78, 5) is 110. The fraction of sp³-hybridized carbons (Fsp3) is 0.308. The minimum absolute atomic E-state index is 0. The number of phenolic OH excluding ortho intramolecular Hbond substituents is 2. The summed E-state index contributed by atoms with van der Waals surface area (Å²) < 4.78 is 62.9. The van der Waals surface area contributed by atoms with Gasteiger partial charge in [-0.2, -0.15) is 0 Å². The quantitative estimate of drug-likeness (QED) is 0.0233. The number of nitrogens with zero attached hydrogens (tertiary/aromatic N) is 1. The smallest absolute Gasteiger partial charge is 0.790 e. The van der Waals surface area contributed by atoms with Crippen molar-refractivity contribution in [1.82, 2.24) is 20.2 Å². The van der Waals surface area contributed by atoms with Gasteiger partial charge in [0.1, 0.15) is 35.3 Å². The topological polar surface area (TPSA) is 390 Å². The van der Waals surface area contributed by atoms with Crippen molar-refractivity contribution < 1.29 is 166 Å². The summed E-state index contributed by atoms with van der Waals surface area (Å²) in [5.41, 5.74) is -1.71. The van der Waals surface area contributed by atoms with Crippen molar-refractivity contribution in [2.45, 2.75) is 56.1 Å². The van der Waals surface area contributed by atoms with Crippen molar-refractivity contribution in [3.63, 3.8) is 0 Å². The molecule has 7 rings (SSSR count). The van der Waals surface area contributed by atoms with Gasteiger partial charge in [0, 0.05) is 66.5 Å². The summed E-state index contributed by atoms with van der Waals surface area (Å²) in [5, 5.41) is 36.1. The number of carbonyl (C=O) groups is 3. The number of phosphoric acid groups is 3. The molecule has 2 amide bonds. The zero-order valence-corrected chi connectivity index (χ0v) is 41.0. The summed E-state index contributed by atoms with van der Waals surface area (Å²) >= 11 is 0. The Hall–Kier alpha value is -3.39. The van der Waals surface area contributed by atoms with Crippen LogP contribution in [-0.4, -0.2) is 74.6 Å². The third-order valence-corrected chi connectivity index (χ3v) is 14.1. The van der Waals surface area contributed by atoms with Crippen LogP contribution in [-0.2, 0) is 46.7 Å². The Morgan fingerprint density at radius 2 is 1.48 bits per heavy atom. The second-order valence-corrected chi connectivity index (χ2v) is 19.3. The molecule has 0 radical (unpaired) electrons. The van der Waals surface area contributed by atoms with Gasteiger partial charge in [0.25, 0.3) is 27.1 Å². The first kappa shape index (κ1) is 61.9. The number of nitrogens with one attached hydrogen (secondary N) is 3. The van der Waals surface area contributed by atoms with E-state index in [0.717, 1.165) is 10.8 Å². The Balaban J connectivity index is 0.00000333. The van der Waals surface area contributed by atoms with E-state index < -0.39 is 77.2 Å². The Bertz CT molecular complexity index is 2880. The van der Waals surface area contributed by atoms with Crippen LogP contribution in [0.3, 0.4) is 0 Å². The molecule has 6 N–H and O–H groups in total. The fourth-order valence-electron chi connectivity index (χ4n) is 7.50. The molecule has 358 valence electrons. The van der Waals surface area contributed by atoms with Crippen LogP contribution in [0.5, 0.6) is 23.0 Å². The molecule has 2 unspecified atom stereocenters. The van der Waals surface area contributed by atoms with Crippen LogP contribution in [0.25, 0.3) is 6.08 Å². The molecule has 0 aliphatic carbocycles. The van der Waals surface area contributed by atoms with Gasteiger partial charge in [-0.15, -0.1) is 0 Å². The molecule has 32 heteroatoms. The Morgan fingerprint density at radius 1 is 0.845 bits per heavy atom. The fourth-order valence-corrected chi connectivity index (χ4v) is 10.4. The summed E-state index contributed by atoms with van der Waals surface area (Å²) in [6, 6.07) is 13.4. The monoisotopic (exact) mass is 1020 g/mol. The van der Waals surface area contributed by atoms with Crippen molar-refractivity contribution in [1.29, 1.82) is 0 Å². The van der Waals surface area contributed by atoms with Crippen molar-refractivity contribution >= 4 is 47.3 Å². The Kier molecular flexibility index (Phi) is 22.0. The number of ether oxygens (including phenoxy) is 3. The predicted molar refractivity (Wildman–Crippen MR) is 218 cm³/mol. The molecule has 0 saturated carbocycles. The van der Waals surface area contributed by atoms with E-state index in [0.29, 0.717) is 36.0 Å². The minimum Gasteiger partial charge on any atom is -0.790 e. The molecule has 4 aromatic rings. The van der Waals surface area contributed by atoms with Crippen molar-refractivity contribution in [2.75, 3.05) is 19.7 Å². The molecule has 3 aliphatic rings. The maximum absolute atomic E-state index is 13.4. The number of esters is 1. The van der Waals surface area contributed by atoms with E-state index in [-0.39, 0.29) is 147 Å². The number of hydrogen-bond acceptors (Lipinski definition) is 21. The third kappa shape index (κ3) is 14.9. The van der Waals surface area contributed by atoms with E-state index >= 15 is 0 Å². The number of aliphatic hydroxyl groups is 1. The van der Waals surface area contributed by atoms with Crippen molar-refractivity contribution in [2.24, 2.45) is 0 Å². The van der Waals surface area contributed by atoms with Crippen LogP contribution in [0.4, 0.5) is 0 Å². The van der Waals surface area contributed by atoms with E-state index in [1.54, 1.807) is 24.3 Å². The number of hydrogen-bond donors (Lipinski definition) is 6. The van der Waals surface area contributed by atoms with Gasteiger partial charge in [0.15, 0.2) is 5.60 Å². The number of fused-ring (bicyclic) bond motifs is 6. The number of aromatic nitrogens is 2. The number of carbonyl (C=O) groups excluding carboxylic acids is 3. The van der Waals surface area contributed by atoms with Crippen LogP contribution >= 0.6 is 23.5 Å². The summed E-state index contributed by atoms with van der Waals surface area (Å²) in [6.07, 6.45) is 0.729. The van der Waals surface area contributed by atoms with Crippen LogP contribution in [0.15, 0.2) is 76.5 Å². The average Bonchev–Trinajstić information content (AvgIpc) is 3.74. The number of phosphoric ester groups is 1. The number of benzene rings is 3. The number of phenols is 2. The van der Waals surface area contributed by atoms with E-state index in [2.05, 4.69) is 23.8 Å². The van der Waals surface area contributed by atoms with Gasteiger partial charge >= 0.3 is 87.1 Å². The Morgan fingerprint density at radius 3 is 2.11 bits per heavy atom. The van der Waals surface area contributed by atoms with Gasteiger partial charge in [0.05, 0.1) is 31.7 Å². The van der Waals surface area contributed by atoms with Crippen molar-refractivity contribution in [3.8, 4) is 23.0 Å². The number of unbranched alkanes of at least 4 members (excludes halogenated alkanes) is 2. The number of aliphatic hydroxyl groups excluding tert-OH is 1.